The third-order valence-corrected chi connectivity index (χ3v) is 6.41. The molecule has 4 atom stereocenters. The van der Waals surface area contributed by atoms with Crippen molar-refractivity contribution in [2.45, 2.75) is 64.2 Å². The maximum absolute atomic E-state index is 13.4. The van der Waals surface area contributed by atoms with Gasteiger partial charge in [0, 0.05) is 23.5 Å². The Balaban J connectivity index is 2.27. The van der Waals surface area contributed by atoms with Crippen molar-refractivity contribution in [2.24, 2.45) is 11.7 Å². The van der Waals surface area contributed by atoms with E-state index in [9.17, 15) is 19.2 Å². The molecule has 1 heterocycles. The normalized spacial score (nSPS) is 14.6. The second kappa shape index (κ2) is 13.9. The number of carboxylic acid groups (broad SMARTS) is 1. The van der Waals surface area contributed by atoms with Crippen molar-refractivity contribution >= 4 is 46.4 Å². The molecular weight excluding hydrogens is 482 g/mol. The summed E-state index contributed by atoms with van der Waals surface area (Å²) in [5, 5.41) is 17.9. The Morgan fingerprint density at radius 3 is 2.28 bits per heavy atom. The molecule has 0 aliphatic heterocycles. The molecule has 2 aromatic rings. The second-order valence-electron chi connectivity index (χ2n) is 9.27. The fourth-order valence-electron chi connectivity index (χ4n) is 3.78. The zero-order valence-electron chi connectivity index (χ0n) is 21.2. The van der Waals surface area contributed by atoms with E-state index in [-0.39, 0.29) is 12.3 Å². The summed E-state index contributed by atoms with van der Waals surface area (Å²) in [7, 11) is 0. The fraction of sp³-hybridized carbons (Fsp3) is 0.520. The number of thioether (sulfide) groups is 1. The summed E-state index contributed by atoms with van der Waals surface area (Å²) in [6.45, 7) is 5.26. The van der Waals surface area contributed by atoms with Gasteiger partial charge in [-0.1, -0.05) is 32.0 Å². The number of carbonyl (C=O) groups is 4. The van der Waals surface area contributed by atoms with Gasteiger partial charge in [0.15, 0.2) is 0 Å². The molecule has 11 heteroatoms. The van der Waals surface area contributed by atoms with Crippen LogP contribution in [0.25, 0.3) is 10.9 Å². The number of aromatic amines is 1. The van der Waals surface area contributed by atoms with Crippen molar-refractivity contribution < 1.29 is 24.3 Å². The number of nitrogens with two attached hydrogens (primary N) is 1. The van der Waals surface area contributed by atoms with Crippen LogP contribution in [0.15, 0.2) is 30.5 Å². The van der Waals surface area contributed by atoms with Gasteiger partial charge in [0.25, 0.3) is 0 Å². The number of H-pyrrole nitrogens is 1. The van der Waals surface area contributed by atoms with E-state index in [2.05, 4.69) is 20.9 Å². The molecule has 1 aromatic heterocycles. The van der Waals surface area contributed by atoms with Crippen LogP contribution in [0.1, 0.15) is 39.2 Å². The predicted octanol–water partition coefficient (Wildman–Crippen LogP) is 1.40. The molecule has 198 valence electrons. The molecule has 1 aromatic carbocycles. The van der Waals surface area contributed by atoms with Crippen molar-refractivity contribution in [3.63, 3.8) is 0 Å². The number of rotatable bonds is 14. The highest BCUT2D eigenvalue weighted by atomic mass is 32.2. The quantitative estimate of drug-likeness (QED) is 0.219. The SMILES string of the molecule is CSCCC(NC(=O)C(Cc1c[nH]c2ccccc12)NC(=O)C(N)CC(C)C)C(=O)NC(C)C(=O)O. The number of fused-ring (bicyclic) bond motifs is 1. The molecule has 0 aliphatic rings. The Labute approximate surface area is 215 Å². The average molecular weight is 520 g/mol. The van der Waals surface area contributed by atoms with E-state index in [1.807, 2.05) is 44.4 Å². The number of aliphatic carboxylic acids is 1. The van der Waals surface area contributed by atoms with Crippen molar-refractivity contribution in [3.05, 3.63) is 36.0 Å². The van der Waals surface area contributed by atoms with E-state index in [4.69, 9.17) is 10.8 Å². The molecule has 10 nitrogen and oxygen atoms in total. The number of para-hydroxylation sites is 1. The van der Waals surface area contributed by atoms with Crippen LogP contribution in [0, 0.1) is 5.92 Å². The summed E-state index contributed by atoms with van der Waals surface area (Å²) in [6, 6.07) is 3.78. The second-order valence-corrected chi connectivity index (χ2v) is 10.3. The van der Waals surface area contributed by atoms with E-state index in [0.29, 0.717) is 18.6 Å². The molecule has 4 unspecified atom stereocenters. The monoisotopic (exact) mass is 519 g/mol. The largest absolute Gasteiger partial charge is 0.480 e. The van der Waals surface area contributed by atoms with Crippen molar-refractivity contribution in [3.8, 4) is 0 Å². The lowest BCUT2D eigenvalue weighted by Crippen LogP contribution is -2.57. The van der Waals surface area contributed by atoms with Crippen molar-refractivity contribution in [2.75, 3.05) is 12.0 Å². The van der Waals surface area contributed by atoms with Crippen LogP contribution in [0.3, 0.4) is 0 Å². The topological polar surface area (TPSA) is 166 Å². The molecule has 0 spiro atoms. The Kier molecular flexibility index (Phi) is 11.3. The predicted molar refractivity (Wildman–Crippen MR) is 142 cm³/mol. The highest BCUT2D eigenvalue weighted by Gasteiger charge is 2.30. The van der Waals surface area contributed by atoms with Gasteiger partial charge in [0.2, 0.25) is 17.7 Å². The summed E-state index contributed by atoms with van der Waals surface area (Å²) in [5.74, 6) is -2.01. The van der Waals surface area contributed by atoms with Crippen LogP contribution < -0.4 is 21.7 Å². The third kappa shape index (κ3) is 8.56. The molecule has 36 heavy (non-hydrogen) atoms. The minimum absolute atomic E-state index is 0.179. The number of nitrogens with one attached hydrogen (secondary N) is 4. The van der Waals surface area contributed by atoms with Crippen molar-refractivity contribution in [1.29, 1.82) is 0 Å². The Hall–Kier alpha value is -3.05. The maximum atomic E-state index is 13.4. The first-order valence-electron chi connectivity index (χ1n) is 12.0. The smallest absolute Gasteiger partial charge is 0.325 e. The van der Waals surface area contributed by atoms with Gasteiger partial charge in [-0.2, -0.15) is 11.8 Å². The average Bonchev–Trinajstić information content (AvgIpc) is 3.23. The molecule has 0 aliphatic carbocycles. The van der Waals surface area contributed by atoms with Gasteiger partial charge >= 0.3 is 5.97 Å². The molecule has 0 saturated heterocycles. The number of aromatic nitrogens is 1. The highest BCUT2D eigenvalue weighted by molar-refractivity contribution is 7.98. The first kappa shape index (κ1) is 29.2. The first-order valence-corrected chi connectivity index (χ1v) is 13.4. The van der Waals surface area contributed by atoms with Crippen LogP contribution >= 0.6 is 11.8 Å². The van der Waals surface area contributed by atoms with Gasteiger partial charge in [0.05, 0.1) is 6.04 Å². The third-order valence-electron chi connectivity index (χ3n) is 5.77. The van der Waals surface area contributed by atoms with Gasteiger partial charge in [-0.15, -0.1) is 0 Å². The van der Waals surface area contributed by atoms with E-state index in [1.165, 1.54) is 18.7 Å². The summed E-state index contributed by atoms with van der Waals surface area (Å²) in [4.78, 5) is 53.3. The Morgan fingerprint density at radius 2 is 1.64 bits per heavy atom. The first-order chi connectivity index (χ1) is 17.0. The van der Waals surface area contributed by atoms with Crippen LogP contribution in [0.4, 0.5) is 0 Å². The minimum Gasteiger partial charge on any atom is -0.480 e. The molecule has 7 N–H and O–H groups in total. The van der Waals surface area contributed by atoms with Crippen LogP contribution in [0.5, 0.6) is 0 Å². The van der Waals surface area contributed by atoms with Gasteiger partial charge < -0.3 is 31.8 Å². The standard InChI is InChI=1S/C25H37N5O5S/c1-14(2)11-18(26)22(31)30-21(12-16-13-27-19-8-6-5-7-17(16)19)24(33)29-20(9-10-36-4)23(32)28-15(3)25(34)35/h5-8,13-15,18,20-21,27H,9-12,26H2,1-4H3,(H,28,32)(H,29,33)(H,30,31)(H,34,35). The molecule has 0 fully saturated rings. The lowest BCUT2D eigenvalue weighted by atomic mass is 10.0. The summed E-state index contributed by atoms with van der Waals surface area (Å²) >= 11 is 1.50. The summed E-state index contributed by atoms with van der Waals surface area (Å²) in [6.07, 6.45) is 4.59. The number of hydrogen-bond acceptors (Lipinski definition) is 6. The Bertz CT molecular complexity index is 1060. The van der Waals surface area contributed by atoms with E-state index < -0.39 is 47.9 Å². The maximum Gasteiger partial charge on any atom is 0.325 e. The van der Waals surface area contributed by atoms with Crippen molar-refractivity contribution in [1.82, 2.24) is 20.9 Å². The van der Waals surface area contributed by atoms with Crippen LogP contribution in [0.2, 0.25) is 0 Å². The summed E-state index contributed by atoms with van der Waals surface area (Å²) in [5.41, 5.74) is 7.78. The van der Waals surface area contributed by atoms with Gasteiger partial charge in [-0.05, 0) is 49.3 Å². The minimum atomic E-state index is -1.18. The van der Waals surface area contributed by atoms with E-state index >= 15 is 0 Å². The van der Waals surface area contributed by atoms with Crippen LogP contribution in [-0.4, -0.2) is 70.0 Å². The van der Waals surface area contributed by atoms with Crippen LogP contribution in [-0.2, 0) is 25.6 Å². The van der Waals surface area contributed by atoms with Gasteiger partial charge in [-0.25, -0.2) is 0 Å². The molecule has 0 radical (unpaired) electrons. The number of carboxylic acids is 1. The molecular formula is C25H37N5O5S. The fourth-order valence-corrected chi connectivity index (χ4v) is 4.25. The highest BCUT2D eigenvalue weighted by Crippen LogP contribution is 2.19. The van der Waals surface area contributed by atoms with Gasteiger partial charge in [-0.3, -0.25) is 19.2 Å². The van der Waals surface area contributed by atoms with E-state index in [1.54, 1.807) is 6.20 Å². The molecule has 3 amide bonds. The summed E-state index contributed by atoms with van der Waals surface area (Å²) < 4.78 is 0. The van der Waals surface area contributed by atoms with E-state index in [0.717, 1.165) is 16.5 Å². The zero-order valence-corrected chi connectivity index (χ0v) is 22.0. The number of benzene rings is 1. The molecule has 0 saturated carbocycles. The molecule has 0 bridgehead atoms. The zero-order chi connectivity index (χ0) is 26.8. The lowest BCUT2D eigenvalue weighted by Gasteiger charge is -2.25. The molecule has 2 rings (SSSR count). The number of carbonyl (C=O) groups excluding carboxylic acids is 3. The number of amides is 3. The number of hydrogen-bond donors (Lipinski definition) is 6. The lowest BCUT2D eigenvalue weighted by molar-refractivity contribution is -0.141. The Morgan fingerprint density at radius 1 is 1.00 bits per heavy atom. The van der Waals surface area contributed by atoms with Gasteiger partial charge in [0.1, 0.15) is 18.1 Å².